The van der Waals surface area contributed by atoms with Gasteiger partial charge in [-0.05, 0) is 261 Å². The summed E-state index contributed by atoms with van der Waals surface area (Å²) in [6, 6.07) is 81.8. The summed E-state index contributed by atoms with van der Waals surface area (Å²) in [5.74, 6) is 1.93. The third-order valence-corrected chi connectivity index (χ3v) is 23.9. The molecular weight excluding hydrogens is 1550 g/mol. The van der Waals surface area contributed by atoms with Gasteiger partial charge < -0.3 is 18.9 Å². The van der Waals surface area contributed by atoms with Gasteiger partial charge in [0.15, 0.2) is 0 Å². The Morgan fingerprint density at radius 1 is 0.317 bits per heavy atom. The summed E-state index contributed by atoms with van der Waals surface area (Å²) in [4.78, 5) is 25.0. The number of hydrogen-bond donors (Lipinski definition) is 0. The van der Waals surface area contributed by atoms with Crippen molar-refractivity contribution in [2.24, 2.45) is 17.8 Å². The first-order valence-electron chi connectivity index (χ1n) is 41.8. The van der Waals surface area contributed by atoms with Gasteiger partial charge in [0.25, 0.3) is 0 Å². The molecule has 0 spiro atoms. The van der Waals surface area contributed by atoms with E-state index in [4.69, 9.17) is 35.9 Å². The molecular formula is C108H91F7N2O6. The number of terminal acetylenes is 1. The largest absolute Gasteiger partial charge is 0.457 e. The van der Waals surface area contributed by atoms with Gasteiger partial charge >= 0.3 is 11.9 Å². The van der Waals surface area contributed by atoms with Gasteiger partial charge in [-0.2, -0.15) is 10.5 Å². The second kappa shape index (κ2) is 40.2. The van der Waals surface area contributed by atoms with Crippen molar-refractivity contribution in [1.82, 2.24) is 0 Å². The molecule has 618 valence electrons. The lowest BCUT2D eigenvalue weighted by Crippen LogP contribution is -2.12. The molecule has 0 aromatic heterocycles. The summed E-state index contributed by atoms with van der Waals surface area (Å²) in [6.07, 6.45) is 20.7. The van der Waals surface area contributed by atoms with Crippen LogP contribution in [-0.2, 0) is 22.4 Å². The molecule has 13 aromatic rings. The van der Waals surface area contributed by atoms with Crippen LogP contribution in [-0.4, -0.2) is 18.7 Å². The Balaban J connectivity index is 0.000000151. The summed E-state index contributed by atoms with van der Waals surface area (Å²) in [7, 11) is 0. The minimum atomic E-state index is -1.21. The fourth-order valence-corrected chi connectivity index (χ4v) is 16.5. The van der Waals surface area contributed by atoms with Crippen LogP contribution in [0.4, 0.5) is 30.7 Å². The first-order chi connectivity index (χ1) is 59.7. The van der Waals surface area contributed by atoms with Crippen LogP contribution in [0.25, 0.3) is 77.9 Å². The number of rotatable bonds is 20. The van der Waals surface area contributed by atoms with E-state index in [1.165, 1.54) is 130 Å². The van der Waals surface area contributed by atoms with Crippen molar-refractivity contribution in [3.8, 4) is 125 Å². The van der Waals surface area contributed by atoms with Gasteiger partial charge in [-0.25, -0.2) is 30.7 Å². The van der Waals surface area contributed by atoms with Crippen LogP contribution in [0.5, 0.6) is 23.0 Å². The zero-order valence-electron chi connectivity index (χ0n) is 68.6. The molecule has 0 radical (unpaired) electrons. The second-order valence-corrected chi connectivity index (χ2v) is 32.4. The SMILES string of the molecule is C#Cc1ccc(-c2ccc(-c3ccc(OCOc4ccc(-c5ccc(C6CCC(C)CC6)cc5)c(F)c4)cc3F)cc2)cc1.CC1CCC(c2ccc(CC(=O)Oc3ccc(-c4cc(F)c(-c5cc(F)c(C#N)c(F)c5)c(F)c4)cc3)cc2)CC1.CC1CCC(c2ccc(CC(=O)Oc3ccc(-c4ccc(-c5ccc(C#N)cc5)c(F)c4)cc3)cc2)CC1. The normalized spacial score (nSPS) is 16.6. The van der Waals surface area contributed by atoms with Crippen LogP contribution < -0.4 is 18.9 Å². The molecule has 123 heavy (non-hydrogen) atoms. The van der Waals surface area contributed by atoms with E-state index in [1.54, 1.807) is 78.9 Å². The van der Waals surface area contributed by atoms with Crippen molar-refractivity contribution >= 4 is 11.9 Å². The van der Waals surface area contributed by atoms with Crippen LogP contribution in [0.15, 0.2) is 273 Å². The number of esters is 2. The van der Waals surface area contributed by atoms with Gasteiger partial charge in [-0.3, -0.25) is 9.59 Å². The lowest BCUT2D eigenvalue weighted by atomic mass is 9.79. The predicted molar refractivity (Wildman–Crippen MR) is 470 cm³/mol. The van der Waals surface area contributed by atoms with Crippen LogP contribution in [0.1, 0.15) is 160 Å². The van der Waals surface area contributed by atoms with E-state index in [-0.39, 0.29) is 54.1 Å². The smallest absolute Gasteiger partial charge is 0.315 e. The van der Waals surface area contributed by atoms with E-state index in [2.05, 4.69) is 69.2 Å². The molecule has 3 fully saturated rings. The summed E-state index contributed by atoms with van der Waals surface area (Å²) in [6.45, 7) is 6.77. The predicted octanol–water partition coefficient (Wildman–Crippen LogP) is 28.0. The fourth-order valence-electron chi connectivity index (χ4n) is 16.5. The van der Waals surface area contributed by atoms with Crippen molar-refractivity contribution in [3.63, 3.8) is 0 Å². The molecule has 0 aliphatic heterocycles. The average Bonchev–Trinajstić information content (AvgIpc) is 0.786. The molecule has 16 rings (SSSR count). The van der Waals surface area contributed by atoms with Gasteiger partial charge in [0.1, 0.15) is 75.4 Å². The molecule has 0 bridgehead atoms. The molecule has 0 unspecified atom stereocenters. The molecule has 0 atom stereocenters. The zero-order chi connectivity index (χ0) is 86.0. The highest BCUT2D eigenvalue weighted by molar-refractivity contribution is 5.79. The number of halogens is 7. The Morgan fingerprint density at radius 2 is 0.618 bits per heavy atom. The Hall–Kier alpha value is -13.6. The maximum absolute atomic E-state index is 15.0. The molecule has 0 saturated heterocycles. The summed E-state index contributed by atoms with van der Waals surface area (Å²) in [5.41, 5.74) is 13.4. The van der Waals surface area contributed by atoms with Crippen molar-refractivity contribution in [1.29, 1.82) is 10.5 Å². The summed E-state index contributed by atoms with van der Waals surface area (Å²) in [5, 5.41) is 17.8. The number of hydrogen-bond acceptors (Lipinski definition) is 8. The third kappa shape index (κ3) is 22.2. The minimum Gasteiger partial charge on any atom is -0.457 e. The van der Waals surface area contributed by atoms with Gasteiger partial charge in [0.05, 0.1) is 30.0 Å². The Morgan fingerprint density at radius 3 is 1.00 bits per heavy atom. The van der Waals surface area contributed by atoms with Crippen LogP contribution in [0.2, 0.25) is 0 Å². The van der Waals surface area contributed by atoms with Gasteiger partial charge in [0, 0.05) is 34.4 Å². The van der Waals surface area contributed by atoms with Crippen LogP contribution in [0, 0.1) is 93.5 Å². The number of carbonyl (C=O) groups is 2. The lowest BCUT2D eigenvalue weighted by Gasteiger charge is -2.26. The number of ether oxygens (including phenoxy) is 4. The minimum absolute atomic E-state index is 0.109. The Bertz CT molecular complexity index is 5950. The van der Waals surface area contributed by atoms with Crippen molar-refractivity contribution in [2.45, 2.75) is 128 Å². The molecule has 13 aromatic carbocycles. The highest BCUT2D eigenvalue weighted by Gasteiger charge is 2.25. The third-order valence-electron chi connectivity index (χ3n) is 23.9. The van der Waals surface area contributed by atoms with E-state index < -0.39 is 46.2 Å². The number of nitriles is 2. The lowest BCUT2D eigenvalue weighted by molar-refractivity contribution is -0.134. The number of nitrogens with zero attached hydrogens (tertiary/aromatic N) is 2. The molecule has 0 N–H and O–H groups in total. The second-order valence-electron chi connectivity index (χ2n) is 32.4. The van der Waals surface area contributed by atoms with Gasteiger partial charge in [-0.15, -0.1) is 6.42 Å². The Kier molecular flexibility index (Phi) is 28.1. The summed E-state index contributed by atoms with van der Waals surface area (Å²) >= 11 is 0. The van der Waals surface area contributed by atoms with Crippen LogP contribution in [0.3, 0.4) is 0 Å². The van der Waals surface area contributed by atoms with Crippen LogP contribution >= 0.6 is 0 Å². The molecule has 0 amide bonds. The van der Waals surface area contributed by atoms with Gasteiger partial charge in [-0.1, -0.05) is 223 Å². The maximum atomic E-state index is 15.0. The monoisotopic (exact) mass is 1640 g/mol. The number of carbonyl (C=O) groups excluding carboxylic acids is 2. The average molecular weight is 1650 g/mol. The first kappa shape index (κ1) is 85.9. The van der Waals surface area contributed by atoms with E-state index in [1.807, 2.05) is 103 Å². The van der Waals surface area contributed by atoms with E-state index >= 15 is 8.78 Å². The fraction of sp³-hybridized carbons (Fsp3) is 0.222. The number of benzene rings is 13. The quantitative estimate of drug-likeness (QED) is 0.0243. The molecule has 3 aliphatic carbocycles. The molecule has 0 heterocycles. The molecule has 8 nitrogen and oxygen atoms in total. The molecule has 3 saturated carbocycles. The Labute approximate surface area is 714 Å². The zero-order valence-corrected chi connectivity index (χ0v) is 68.6. The van der Waals surface area contributed by atoms with Gasteiger partial charge in [0.2, 0.25) is 6.79 Å². The van der Waals surface area contributed by atoms with Crippen molar-refractivity contribution < 1.29 is 59.3 Å². The molecule has 15 heteroatoms. The highest BCUT2D eigenvalue weighted by atomic mass is 19.2. The standard InChI is InChI=1S/C40H34F2O2.C34H27F4NO2.C34H30FNO2/c1-3-28-6-10-30(11-7-28)32-14-18-34(19-15-32)38-23-21-36(25-40(38)42)44-26-43-35-20-22-37(39(41)24-35)33-16-12-31(13-17-33)29-8-4-27(2)5-9-29;1-20-2-6-22(7-3-20)23-8-4-21(5-9-23)14-33(40)41-27-12-10-24(11-13-27)25-15-31(37)34(32(38)16-25)26-17-29(35)28(19-39)30(36)18-26;1-23-2-8-26(9-3-23)27-10-4-24(5-11-27)20-34(37)38-31-17-14-28(15-18-31)30-16-19-32(33(35)21-30)29-12-6-25(22-36)7-13-29/h1,6-7,10-25,27,29H,4-5,8-9,26H2,2H3;4-5,8-13,15-18,20,22H,2-3,6-7,14H2,1H3;4-7,10-19,21,23,26H,2-3,8-9,20H2,1H3. The topological polar surface area (TPSA) is 119 Å². The van der Waals surface area contributed by atoms with Crippen molar-refractivity contribution in [2.75, 3.05) is 6.79 Å². The molecule has 3 aliphatic rings. The summed E-state index contributed by atoms with van der Waals surface area (Å²) < 4.78 is 125. The first-order valence-corrected chi connectivity index (χ1v) is 41.8. The highest BCUT2D eigenvalue weighted by Crippen LogP contribution is 2.42. The maximum Gasteiger partial charge on any atom is 0.315 e. The van der Waals surface area contributed by atoms with E-state index in [0.29, 0.717) is 68.4 Å². The van der Waals surface area contributed by atoms with Crippen molar-refractivity contribution in [3.05, 3.63) is 358 Å². The van der Waals surface area contributed by atoms with E-state index in [9.17, 15) is 31.5 Å². The van der Waals surface area contributed by atoms with E-state index in [0.717, 1.165) is 92.1 Å².